The molecule has 1 fully saturated rings. The standard InChI is InChI=1S/C16H12Cl3NO2/c17-10-1-4-12(5-2-10)20-15(8-22-9-16(20)21)13-6-3-11(18)7-14(13)19/h1-7,15H,8-9H2. The van der Waals surface area contributed by atoms with Gasteiger partial charge in [0.25, 0.3) is 5.91 Å². The number of rotatable bonds is 2. The zero-order valence-electron chi connectivity index (χ0n) is 11.4. The molecule has 22 heavy (non-hydrogen) atoms. The van der Waals surface area contributed by atoms with Gasteiger partial charge in [-0.05, 0) is 42.0 Å². The molecule has 1 atom stereocenters. The van der Waals surface area contributed by atoms with E-state index in [4.69, 9.17) is 39.5 Å². The van der Waals surface area contributed by atoms with Crippen molar-refractivity contribution in [2.75, 3.05) is 18.1 Å². The van der Waals surface area contributed by atoms with Crippen LogP contribution in [0.5, 0.6) is 0 Å². The van der Waals surface area contributed by atoms with E-state index in [0.717, 1.165) is 11.3 Å². The van der Waals surface area contributed by atoms with Crippen molar-refractivity contribution < 1.29 is 9.53 Å². The molecule has 0 aromatic heterocycles. The Balaban J connectivity index is 2.03. The largest absolute Gasteiger partial charge is 0.369 e. The Morgan fingerprint density at radius 2 is 1.68 bits per heavy atom. The van der Waals surface area contributed by atoms with Gasteiger partial charge in [-0.25, -0.2) is 0 Å². The molecule has 0 bridgehead atoms. The third-order valence-electron chi connectivity index (χ3n) is 3.51. The van der Waals surface area contributed by atoms with Gasteiger partial charge in [0.1, 0.15) is 6.61 Å². The Morgan fingerprint density at radius 3 is 2.36 bits per heavy atom. The molecular formula is C16H12Cl3NO2. The van der Waals surface area contributed by atoms with Crippen molar-refractivity contribution in [1.29, 1.82) is 0 Å². The second-order valence-electron chi connectivity index (χ2n) is 4.94. The lowest BCUT2D eigenvalue weighted by atomic mass is 10.0. The van der Waals surface area contributed by atoms with Crippen LogP contribution in [0.3, 0.4) is 0 Å². The molecule has 0 N–H and O–H groups in total. The van der Waals surface area contributed by atoms with E-state index in [9.17, 15) is 4.79 Å². The fourth-order valence-corrected chi connectivity index (χ4v) is 3.16. The number of hydrogen-bond donors (Lipinski definition) is 0. The van der Waals surface area contributed by atoms with Crippen LogP contribution < -0.4 is 4.90 Å². The first-order valence-electron chi connectivity index (χ1n) is 6.66. The topological polar surface area (TPSA) is 29.5 Å². The monoisotopic (exact) mass is 355 g/mol. The second-order valence-corrected chi connectivity index (χ2v) is 6.22. The van der Waals surface area contributed by atoms with Crippen LogP contribution in [0.4, 0.5) is 5.69 Å². The quantitative estimate of drug-likeness (QED) is 0.777. The summed E-state index contributed by atoms with van der Waals surface area (Å²) in [5.41, 5.74) is 1.56. The summed E-state index contributed by atoms with van der Waals surface area (Å²) in [5.74, 6) is -0.121. The number of carbonyl (C=O) groups excluding carboxylic acids is 1. The lowest BCUT2D eigenvalue weighted by Gasteiger charge is -2.36. The zero-order valence-corrected chi connectivity index (χ0v) is 13.7. The summed E-state index contributed by atoms with van der Waals surface area (Å²) in [6, 6.07) is 12.1. The molecule has 1 saturated heterocycles. The number of carbonyl (C=O) groups is 1. The molecule has 6 heteroatoms. The van der Waals surface area contributed by atoms with Crippen LogP contribution in [0, 0.1) is 0 Å². The first-order chi connectivity index (χ1) is 10.6. The average molecular weight is 357 g/mol. The number of morpholine rings is 1. The van der Waals surface area contributed by atoms with Crippen LogP contribution in [-0.4, -0.2) is 19.1 Å². The van der Waals surface area contributed by atoms with Crippen molar-refractivity contribution in [3.8, 4) is 0 Å². The molecule has 1 heterocycles. The summed E-state index contributed by atoms with van der Waals surface area (Å²) in [6.07, 6.45) is 0. The van der Waals surface area contributed by atoms with E-state index in [1.807, 2.05) is 18.2 Å². The minimum absolute atomic E-state index is 0.0460. The van der Waals surface area contributed by atoms with Crippen LogP contribution >= 0.6 is 34.8 Å². The highest BCUT2D eigenvalue weighted by Gasteiger charge is 2.32. The minimum atomic E-state index is -0.299. The zero-order chi connectivity index (χ0) is 15.7. The van der Waals surface area contributed by atoms with E-state index >= 15 is 0 Å². The van der Waals surface area contributed by atoms with Crippen molar-refractivity contribution in [3.63, 3.8) is 0 Å². The predicted molar refractivity (Wildman–Crippen MR) is 89.0 cm³/mol. The molecule has 3 rings (SSSR count). The lowest BCUT2D eigenvalue weighted by Crippen LogP contribution is -2.44. The Kier molecular flexibility index (Phi) is 4.59. The molecular weight excluding hydrogens is 345 g/mol. The molecule has 0 radical (unpaired) electrons. The average Bonchev–Trinajstić information content (AvgIpc) is 2.48. The van der Waals surface area contributed by atoms with E-state index in [2.05, 4.69) is 0 Å². The van der Waals surface area contributed by atoms with Gasteiger partial charge in [0.05, 0.1) is 12.6 Å². The van der Waals surface area contributed by atoms with E-state index in [1.165, 1.54) is 0 Å². The van der Waals surface area contributed by atoms with Gasteiger partial charge in [-0.15, -0.1) is 0 Å². The summed E-state index contributed by atoms with van der Waals surface area (Å²) in [5, 5.41) is 1.68. The summed E-state index contributed by atoms with van der Waals surface area (Å²) >= 11 is 18.2. The molecule has 2 aromatic rings. The normalized spacial score (nSPS) is 18.6. The third kappa shape index (κ3) is 3.08. The van der Waals surface area contributed by atoms with Crippen LogP contribution in [0.25, 0.3) is 0 Å². The highest BCUT2D eigenvalue weighted by Crippen LogP contribution is 2.35. The smallest absolute Gasteiger partial charge is 0.253 e. The van der Waals surface area contributed by atoms with E-state index in [-0.39, 0.29) is 18.6 Å². The fourth-order valence-electron chi connectivity index (χ4n) is 2.50. The molecule has 0 saturated carbocycles. The first-order valence-corrected chi connectivity index (χ1v) is 7.80. The summed E-state index contributed by atoms with van der Waals surface area (Å²) < 4.78 is 5.40. The second kappa shape index (κ2) is 6.47. The van der Waals surface area contributed by atoms with Crippen LogP contribution in [0.15, 0.2) is 42.5 Å². The highest BCUT2D eigenvalue weighted by atomic mass is 35.5. The Morgan fingerprint density at radius 1 is 1.00 bits per heavy atom. The maximum Gasteiger partial charge on any atom is 0.253 e. The van der Waals surface area contributed by atoms with Crippen molar-refractivity contribution in [3.05, 3.63) is 63.1 Å². The molecule has 2 aromatic carbocycles. The van der Waals surface area contributed by atoms with Crippen molar-refractivity contribution in [1.82, 2.24) is 0 Å². The summed E-state index contributed by atoms with van der Waals surface area (Å²) in [4.78, 5) is 14.0. The molecule has 0 spiro atoms. The Bertz CT molecular complexity index is 703. The van der Waals surface area contributed by atoms with Crippen LogP contribution in [0.2, 0.25) is 15.1 Å². The van der Waals surface area contributed by atoms with Gasteiger partial charge in [0, 0.05) is 20.8 Å². The van der Waals surface area contributed by atoms with Gasteiger partial charge < -0.3 is 9.64 Å². The molecule has 3 nitrogen and oxygen atoms in total. The van der Waals surface area contributed by atoms with Gasteiger partial charge >= 0.3 is 0 Å². The lowest BCUT2D eigenvalue weighted by molar-refractivity contribution is -0.127. The number of amides is 1. The van der Waals surface area contributed by atoms with Gasteiger partial charge in [0.2, 0.25) is 0 Å². The van der Waals surface area contributed by atoms with Gasteiger partial charge in [0.15, 0.2) is 0 Å². The number of halogens is 3. The summed E-state index contributed by atoms with van der Waals surface area (Å²) in [7, 11) is 0. The van der Waals surface area contributed by atoms with Crippen molar-refractivity contribution in [2.45, 2.75) is 6.04 Å². The van der Waals surface area contributed by atoms with Gasteiger partial charge in [-0.1, -0.05) is 40.9 Å². The highest BCUT2D eigenvalue weighted by molar-refractivity contribution is 6.35. The first kappa shape index (κ1) is 15.6. The van der Waals surface area contributed by atoms with Gasteiger partial charge in [-0.2, -0.15) is 0 Å². The molecule has 0 aliphatic carbocycles. The van der Waals surface area contributed by atoms with Crippen LogP contribution in [-0.2, 0) is 9.53 Å². The van der Waals surface area contributed by atoms with Crippen molar-refractivity contribution in [2.24, 2.45) is 0 Å². The number of anilines is 1. The van der Waals surface area contributed by atoms with E-state index < -0.39 is 0 Å². The van der Waals surface area contributed by atoms with Crippen LogP contribution in [0.1, 0.15) is 11.6 Å². The Hall–Kier alpha value is -1.26. The molecule has 1 unspecified atom stereocenters. The molecule has 1 amide bonds. The number of benzene rings is 2. The number of nitrogens with zero attached hydrogens (tertiary/aromatic N) is 1. The third-order valence-corrected chi connectivity index (χ3v) is 4.32. The Labute approximate surface area is 143 Å². The molecule has 1 aliphatic heterocycles. The SMILES string of the molecule is O=C1COCC(c2ccc(Cl)cc2Cl)N1c1ccc(Cl)cc1. The minimum Gasteiger partial charge on any atom is -0.369 e. The van der Waals surface area contributed by atoms with E-state index in [0.29, 0.717) is 21.7 Å². The predicted octanol–water partition coefficient (Wildman–Crippen LogP) is 4.75. The number of hydrogen-bond acceptors (Lipinski definition) is 2. The number of ether oxygens (including phenoxy) is 1. The van der Waals surface area contributed by atoms with E-state index in [1.54, 1.807) is 29.2 Å². The molecule has 114 valence electrons. The maximum absolute atomic E-state index is 12.3. The summed E-state index contributed by atoms with van der Waals surface area (Å²) in [6.45, 7) is 0.417. The maximum atomic E-state index is 12.3. The molecule has 1 aliphatic rings. The van der Waals surface area contributed by atoms with Crippen molar-refractivity contribution >= 4 is 46.4 Å². The fraction of sp³-hybridized carbons (Fsp3) is 0.188. The van der Waals surface area contributed by atoms with Gasteiger partial charge in [-0.3, -0.25) is 4.79 Å².